The molecule has 0 saturated carbocycles. The van der Waals surface area contributed by atoms with Crippen molar-refractivity contribution in [2.75, 3.05) is 6.54 Å². The van der Waals surface area contributed by atoms with Crippen molar-refractivity contribution in [3.63, 3.8) is 0 Å². The smallest absolute Gasteiger partial charge is 0.145 e. The Labute approximate surface area is 135 Å². The number of nitrogens with one attached hydrogen (secondary N) is 1. The van der Waals surface area contributed by atoms with Gasteiger partial charge in [-0.25, -0.2) is 0 Å². The molecule has 1 aromatic heterocycles. The van der Waals surface area contributed by atoms with Crippen LogP contribution in [0.3, 0.4) is 0 Å². The third kappa shape index (κ3) is 4.60. The van der Waals surface area contributed by atoms with E-state index in [9.17, 15) is 0 Å². The maximum absolute atomic E-state index is 5.95. The van der Waals surface area contributed by atoms with Crippen molar-refractivity contribution in [3.05, 3.63) is 52.3 Å². The number of ether oxygens (including phenoxy) is 1. The van der Waals surface area contributed by atoms with Crippen LogP contribution in [0.5, 0.6) is 11.5 Å². The highest BCUT2D eigenvalue weighted by atomic mass is 35.5. The third-order valence-electron chi connectivity index (χ3n) is 3.05. The Morgan fingerprint density at radius 2 is 1.81 bits per heavy atom. The average Bonchev–Trinajstić information content (AvgIpc) is 2.45. The fraction of sp³-hybridized carbons (Fsp3) is 0.312. The van der Waals surface area contributed by atoms with Crippen molar-refractivity contribution in [2.45, 2.75) is 26.3 Å². The van der Waals surface area contributed by atoms with Gasteiger partial charge in [-0.1, -0.05) is 37.0 Å². The summed E-state index contributed by atoms with van der Waals surface area (Å²) in [5.74, 6) is 1.25. The molecule has 0 aliphatic heterocycles. The first kappa shape index (κ1) is 16.1. The fourth-order valence-electron chi connectivity index (χ4n) is 2.09. The molecule has 1 unspecified atom stereocenters. The van der Waals surface area contributed by atoms with Gasteiger partial charge in [0, 0.05) is 16.1 Å². The predicted molar refractivity (Wildman–Crippen MR) is 87.5 cm³/mol. The topological polar surface area (TPSA) is 34.1 Å². The van der Waals surface area contributed by atoms with E-state index in [1.165, 1.54) is 0 Å². The molecule has 0 aliphatic rings. The maximum atomic E-state index is 5.95. The van der Waals surface area contributed by atoms with Crippen LogP contribution >= 0.6 is 23.2 Å². The second-order valence-electron chi connectivity index (χ2n) is 4.64. The normalized spacial score (nSPS) is 12.2. The van der Waals surface area contributed by atoms with Crippen LogP contribution in [-0.2, 0) is 0 Å². The monoisotopic (exact) mass is 324 g/mol. The van der Waals surface area contributed by atoms with Crippen LogP contribution in [0.1, 0.15) is 32.0 Å². The van der Waals surface area contributed by atoms with Crippen molar-refractivity contribution in [1.29, 1.82) is 0 Å². The van der Waals surface area contributed by atoms with Gasteiger partial charge in [-0.05, 0) is 43.3 Å². The van der Waals surface area contributed by atoms with Crippen molar-refractivity contribution in [1.82, 2.24) is 10.3 Å². The largest absolute Gasteiger partial charge is 0.456 e. The Balaban J connectivity index is 2.11. The average molecular weight is 325 g/mol. The van der Waals surface area contributed by atoms with Crippen molar-refractivity contribution < 1.29 is 4.74 Å². The van der Waals surface area contributed by atoms with Crippen LogP contribution in [0.2, 0.25) is 10.0 Å². The molecule has 21 heavy (non-hydrogen) atoms. The van der Waals surface area contributed by atoms with Gasteiger partial charge in [0.15, 0.2) is 0 Å². The number of halogens is 2. The van der Waals surface area contributed by atoms with Crippen molar-refractivity contribution >= 4 is 23.2 Å². The molecule has 3 nitrogen and oxygen atoms in total. The van der Waals surface area contributed by atoms with Gasteiger partial charge in [0.05, 0.1) is 11.9 Å². The molecule has 5 heteroatoms. The maximum Gasteiger partial charge on any atom is 0.145 e. The summed E-state index contributed by atoms with van der Waals surface area (Å²) in [6.45, 7) is 5.13. The van der Waals surface area contributed by atoms with E-state index in [2.05, 4.69) is 24.1 Å². The van der Waals surface area contributed by atoms with E-state index in [-0.39, 0.29) is 6.04 Å². The summed E-state index contributed by atoms with van der Waals surface area (Å²) >= 11 is 11.9. The number of pyridine rings is 1. The van der Waals surface area contributed by atoms with E-state index in [0.717, 1.165) is 18.7 Å². The number of aromatic nitrogens is 1. The summed E-state index contributed by atoms with van der Waals surface area (Å²) in [4.78, 5) is 4.46. The van der Waals surface area contributed by atoms with Gasteiger partial charge in [0.1, 0.15) is 11.5 Å². The lowest BCUT2D eigenvalue weighted by molar-refractivity contribution is 0.476. The van der Waals surface area contributed by atoms with Crippen LogP contribution < -0.4 is 10.1 Å². The molecule has 0 amide bonds. The molecule has 0 fully saturated rings. The SMILES string of the molecule is CCNC(CC)c1ccc(Oc2cc(Cl)cc(Cl)c2)cn1. The predicted octanol–water partition coefficient (Wildman–Crippen LogP) is 5.24. The van der Waals surface area contributed by atoms with Crippen LogP contribution in [0.15, 0.2) is 36.5 Å². The number of nitrogens with zero attached hydrogens (tertiary/aromatic N) is 1. The molecular formula is C16H18Cl2N2O. The standard InChI is InChI=1S/C16H18Cl2N2O/c1-3-15(19-4-2)16-6-5-13(10-20-16)21-14-8-11(17)7-12(18)9-14/h5-10,15,19H,3-4H2,1-2H3. The summed E-state index contributed by atoms with van der Waals surface area (Å²) in [5.41, 5.74) is 1.01. The molecule has 0 saturated heterocycles. The molecule has 112 valence electrons. The quantitative estimate of drug-likeness (QED) is 0.788. The first-order chi connectivity index (χ1) is 10.1. The van der Waals surface area contributed by atoms with E-state index in [1.807, 2.05) is 12.1 Å². The lowest BCUT2D eigenvalue weighted by atomic mass is 10.1. The molecule has 0 bridgehead atoms. The molecule has 0 spiro atoms. The zero-order valence-electron chi connectivity index (χ0n) is 12.1. The van der Waals surface area contributed by atoms with E-state index in [1.54, 1.807) is 24.4 Å². The van der Waals surface area contributed by atoms with Crippen molar-refractivity contribution in [2.24, 2.45) is 0 Å². The van der Waals surface area contributed by atoms with Crippen LogP contribution in [0.25, 0.3) is 0 Å². The van der Waals surface area contributed by atoms with E-state index in [4.69, 9.17) is 27.9 Å². The highest BCUT2D eigenvalue weighted by molar-refractivity contribution is 6.34. The van der Waals surface area contributed by atoms with Crippen LogP contribution in [0.4, 0.5) is 0 Å². The minimum atomic E-state index is 0.268. The molecule has 0 radical (unpaired) electrons. The van der Waals surface area contributed by atoms with Crippen LogP contribution in [0, 0.1) is 0 Å². The Bertz CT molecular complexity index is 567. The Morgan fingerprint density at radius 1 is 1.10 bits per heavy atom. The minimum absolute atomic E-state index is 0.268. The van der Waals surface area contributed by atoms with E-state index >= 15 is 0 Å². The summed E-state index contributed by atoms with van der Waals surface area (Å²) in [6.07, 6.45) is 2.70. The zero-order chi connectivity index (χ0) is 15.2. The highest BCUT2D eigenvalue weighted by Gasteiger charge is 2.09. The summed E-state index contributed by atoms with van der Waals surface area (Å²) < 4.78 is 5.72. The molecular weight excluding hydrogens is 307 g/mol. The highest BCUT2D eigenvalue weighted by Crippen LogP contribution is 2.28. The van der Waals surface area contributed by atoms with E-state index < -0.39 is 0 Å². The van der Waals surface area contributed by atoms with Crippen LogP contribution in [-0.4, -0.2) is 11.5 Å². The first-order valence-electron chi connectivity index (χ1n) is 6.95. The fourth-order valence-corrected chi connectivity index (χ4v) is 2.59. The number of rotatable bonds is 6. The summed E-state index contributed by atoms with van der Waals surface area (Å²) in [7, 11) is 0. The van der Waals surface area contributed by atoms with Gasteiger partial charge in [-0.15, -0.1) is 0 Å². The van der Waals surface area contributed by atoms with Gasteiger partial charge in [-0.2, -0.15) is 0 Å². The zero-order valence-corrected chi connectivity index (χ0v) is 13.6. The lowest BCUT2D eigenvalue weighted by Crippen LogP contribution is -2.20. The number of benzene rings is 1. The molecule has 2 rings (SSSR count). The van der Waals surface area contributed by atoms with Crippen molar-refractivity contribution in [3.8, 4) is 11.5 Å². The Kier molecular flexibility index (Phi) is 5.85. The lowest BCUT2D eigenvalue weighted by Gasteiger charge is -2.15. The van der Waals surface area contributed by atoms with Gasteiger partial charge in [0.25, 0.3) is 0 Å². The first-order valence-corrected chi connectivity index (χ1v) is 7.71. The Hall–Kier alpha value is -1.29. The third-order valence-corrected chi connectivity index (χ3v) is 3.48. The molecule has 1 atom stereocenters. The summed E-state index contributed by atoms with van der Waals surface area (Å²) in [6, 6.07) is 9.24. The van der Waals surface area contributed by atoms with E-state index in [0.29, 0.717) is 21.5 Å². The number of hydrogen-bond donors (Lipinski definition) is 1. The second kappa shape index (κ2) is 7.64. The molecule has 1 N–H and O–H groups in total. The minimum Gasteiger partial charge on any atom is -0.456 e. The molecule has 1 aromatic carbocycles. The van der Waals surface area contributed by atoms with Gasteiger partial charge < -0.3 is 10.1 Å². The molecule has 2 aromatic rings. The second-order valence-corrected chi connectivity index (χ2v) is 5.52. The number of hydrogen-bond acceptors (Lipinski definition) is 3. The molecule has 1 heterocycles. The summed E-state index contributed by atoms with van der Waals surface area (Å²) in [5, 5.41) is 4.48. The van der Waals surface area contributed by atoms with Gasteiger partial charge in [-0.3, -0.25) is 4.98 Å². The molecule has 0 aliphatic carbocycles. The van der Waals surface area contributed by atoms with Gasteiger partial charge >= 0.3 is 0 Å². The Morgan fingerprint density at radius 3 is 2.33 bits per heavy atom. The van der Waals surface area contributed by atoms with Gasteiger partial charge in [0.2, 0.25) is 0 Å².